The highest BCUT2D eigenvalue weighted by atomic mass is 19.1. The molecule has 2 heterocycles. The van der Waals surface area contributed by atoms with E-state index in [1.165, 1.54) is 12.1 Å². The van der Waals surface area contributed by atoms with Gasteiger partial charge in [0.25, 0.3) is 5.91 Å². The lowest BCUT2D eigenvalue weighted by Crippen LogP contribution is -2.47. The van der Waals surface area contributed by atoms with Crippen LogP contribution in [-0.2, 0) is 6.42 Å². The van der Waals surface area contributed by atoms with Crippen molar-refractivity contribution in [1.82, 2.24) is 19.6 Å². The van der Waals surface area contributed by atoms with Crippen LogP contribution in [0.2, 0.25) is 0 Å². The molecule has 1 aliphatic heterocycles. The van der Waals surface area contributed by atoms with Crippen molar-refractivity contribution in [3.8, 4) is 5.69 Å². The average Bonchev–Trinajstić information content (AvgIpc) is 2.98. The van der Waals surface area contributed by atoms with Gasteiger partial charge in [-0.25, -0.2) is 9.07 Å². The molecular weight excluding hydrogens is 295 g/mol. The number of hydrogen-bond acceptors (Lipinski definition) is 3. The Kier molecular flexibility index (Phi) is 4.43. The normalized spacial score (nSPS) is 15.9. The average molecular weight is 316 g/mol. The summed E-state index contributed by atoms with van der Waals surface area (Å²) in [4.78, 5) is 16.9. The lowest BCUT2D eigenvalue weighted by atomic mass is 10.1. The van der Waals surface area contributed by atoms with E-state index in [0.29, 0.717) is 17.7 Å². The monoisotopic (exact) mass is 316 g/mol. The number of rotatable bonds is 3. The maximum absolute atomic E-state index is 13.5. The Bertz CT molecular complexity index is 704. The third-order valence-electron chi connectivity index (χ3n) is 4.28. The van der Waals surface area contributed by atoms with Gasteiger partial charge in [-0.3, -0.25) is 4.79 Å². The minimum Gasteiger partial charge on any atom is -0.336 e. The highest BCUT2D eigenvalue weighted by Gasteiger charge is 2.24. The summed E-state index contributed by atoms with van der Waals surface area (Å²) in [5, 5.41) is 4.32. The van der Waals surface area contributed by atoms with E-state index in [0.717, 1.165) is 31.9 Å². The van der Waals surface area contributed by atoms with E-state index in [1.54, 1.807) is 23.0 Å². The Balaban J connectivity index is 1.90. The number of benzene rings is 1. The second-order valence-corrected chi connectivity index (χ2v) is 5.85. The zero-order valence-electron chi connectivity index (χ0n) is 13.5. The molecule has 1 aromatic carbocycles. The quantitative estimate of drug-likeness (QED) is 0.869. The van der Waals surface area contributed by atoms with E-state index >= 15 is 0 Å². The summed E-state index contributed by atoms with van der Waals surface area (Å²) in [6.45, 7) is 5.19. The molecule has 1 saturated heterocycles. The van der Waals surface area contributed by atoms with Gasteiger partial charge in [0.15, 0.2) is 0 Å². The van der Waals surface area contributed by atoms with Gasteiger partial charge in [-0.05, 0) is 31.7 Å². The highest BCUT2D eigenvalue weighted by Crippen LogP contribution is 2.19. The van der Waals surface area contributed by atoms with E-state index < -0.39 is 0 Å². The first-order valence-corrected chi connectivity index (χ1v) is 7.90. The number of likely N-dealkylation sites (N-methyl/N-ethyl adjacent to an activating group) is 1. The third-order valence-corrected chi connectivity index (χ3v) is 4.28. The molecule has 1 fully saturated rings. The van der Waals surface area contributed by atoms with E-state index in [1.807, 2.05) is 11.8 Å². The molecule has 1 amide bonds. The van der Waals surface area contributed by atoms with E-state index in [4.69, 9.17) is 0 Å². The Morgan fingerprint density at radius 1 is 1.26 bits per heavy atom. The van der Waals surface area contributed by atoms with Crippen LogP contribution in [0.1, 0.15) is 23.0 Å². The molecule has 1 aliphatic rings. The van der Waals surface area contributed by atoms with Crippen molar-refractivity contribution in [1.29, 1.82) is 0 Å². The SMILES string of the molecule is CCc1c(C(=O)N2CCN(C)CC2)cnn1-c1cccc(F)c1. The molecule has 23 heavy (non-hydrogen) atoms. The third kappa shape index (κ3) is 3.12. The molecule has 0 radical (unpaired) electrons. The summed E-state index contributed by atoms with van der Waals surface area (Å²) in [6, 6.07) is 6.26. The zero-order valence-corrected chi connectivity index (χ0v) is 13.5. The number of piperazine rings is 1. The fourth-order valence-corrected chi connectivity index (χ4v) is 2.90. The smallest absolute Gasteiger partial charge is 0.257 e. The van der Waals surface area contributed by atoms with Crippen molar-refractivity contribution in [3.63, 3.8) is 0 Å². The van der Waals surface area contributed by atoms with Gasteiger partial charge in [0, 0.05) is 26.2 Å². The second-order valence-electron chi connectivity index (χ2n) is 5.85. The summed E-state index contributed by atoms with van der Waals surface area (Å²) >= 11 is 0. The number of nitrogens with zero attached hydrogens (tertiary/aromatic N) is 4. The first-order valence-electron chi connectivity index (χ1n) is 7.90. The number of halogens is 1. The Hall–Kier alpha value is -2.21. The molecule has 6 heteroatoms. The van der Waals surface area contributed by atoms with Crippen molar-refractivity contribution >= 4 is 5.91 Å². The van der Waals surface area contributed by atoms with Gasteiger partial charge in [-0.1, -0.05) is 13.0 Å². The molecule has 0 aliphatic carbocycles. The largest absolute Gasteiger partial charge is 0.336 e. The fourth-order valence-electron chi connectivity index (χ4n) is 2.90. The number of carbonyl (C=O) groups excluding carboxylic acids is 1. The summed E-state index contributed by atoms with van der Waals surface area (Å²) in [7, 11) is 2.06. The molecule has 1 aromatic heterocycles. The van der Waals surface area contributed by atoms with Crippen LogP contribution in [-0.4, -0.2) is 58.7 Å². The molecule has 2 aromatic rings. The molecule has 122 valence electrons. The molecule has 0 atom stereocenters. The van der Waals surface area contributed by atoms with Crippen LogP contribution in [0.4, 0.5) is 4.39 Å². The van der Waals surface area contributed by atoms with Gasteiger partial charge < -0.3 is 9.80 Å². The van der Waals surface area contributed by atoms with Crippen LogP contribution in [0.3, 0.4) is 0 Å². The van der Waals surface area contributed by atoms with Crippen LogP contribution >= 0.6 is 0 Å². The predicted molar refractivity (Wildman–Crippen MR) is 86.3 cm³/mol. The molecule has 0 saturated carbocycles. The van der Waals surface area contributed by atoms with Gasteiger partial charge >= 0.3 is 0 Å². The molecule has 3 rings (SSSR count). The minimum atomic E-state index is -0.313. The highest BCUT2D eigenvalue weighted by molar-refractivity contribution is 5.95. The van der Waals surface area contributed by atoms with Gasteiger partial charge in [-0.2, -0.15) is 5.10 Å². The van der Waals surface area contributed by atoms with Crippen molar-refractivity contribution in [3.05, 3.63) is 47.5 Å². The van der Waals surface area contributed by atoms with Gasteiger partial charge in [0.1, 0.15) is 5.82 Å². The minimum absolute atomic E-state index is 0.0117. The summed E-state index contributed by atoms with van der Waals surface area (Å²) < 4.78 is 15.1. The van der Waals surface area contributed by atoms with Crippen molar-refractivity contribution in [2.24, 2.45) is 0 Å². The Labute approximate surface area is 135 Å². The number of aromatic nitrogens is 2. The first-order chi connectivity index (χ1) is 11.1. The molecular formula is C17H21FN4O. The molecule has 0 bridgehead atoms. The summed E-state index contributed by atoms with van der Waals surface area (Å²) in [5.41, 5.74) is 2.07. The van der Waals surface area contributed by atoms with E-state index in [-0.39, 0.29) is 11.7 Å². The van der Waals surface area contributed by atoms with Crippen LogP contribution in [0.5, 0.6) is 0 Å². The van der Waals surface area contributed by atoms with Gasteiger partial charge in [0.05, 0.1) is 23.1 Å². The van der Waals surface area contributed by atoms with Crippen LogP contribution in [0, 0.1) is 5.82 Å². The lowest BCUT2D eigenvalue weighted by Gasteiger charge is -2.32. The molecule has 0 N–H and O–H groups in total. The Morgan fingerprint density at radius 3 is 2.65 bits per heavy atom. The van der Waals surface area contributed by atoms with Crippen LogP contribution < -0.4 is 0 Å². The second kappa shape index (κ2) is 6.50. The van der Waals surface area contributed by atoms with E-state index in [2.05, 4.69) is 17.0 Å². The molecule has 0 spiro atoms. The molecule has 5 nitrogen and oxygen atoms in total. The standard InChI is InChI=1S/C17H21FN4O/c1-3-16-15(17(23)21-9-7-20(2)8-10-21)12-19-22(16)14-6-4-5-13(18)11-14/h4-6,11-12H,3,7-10H2,1-2H3. The maximum atomic E-state index is 13.5. The number of hydrogen-bond donors (Lipinski definition) is 0. The zero-order chi connectivity index (χ0) is 16.4. The van der Waals surface area contributed by atoms with Crippen molar-refractivity contribution in [2.75, 3.05) is 33.2 Å². The van der Waals surface area contributed by atoms with Crippen molar-refractivity contribution < 1.29 is 9.18 Å². The van der Waals surface area contributed by atoms with Crippen molar-refractivity contribution in [2.45, 2.75) is 13.3 Å². The lowest BCUT2D eigenvalue weighted by molar-refractivity contribution is 0.0663. The number of carbonyl (C=O) groups is 1. The van der Waals surface area contributed by atoms with Gasteiger partial charge in [0.2, 0.25) is 0 Å². The molecule has 0 unspecified atom stereocenters. The summed E-state index contributed by atoms with van der Waals surface area (Å²) in [6.07, 6.45) is 2.26. The van der Waals surface area contributed by atoms with Crippen LogP contribution in [0.25, 0.3) is 5.69 Å². The Morgan fingerprint density at radius 2 is 2.00 bits per heavy atom. The van der Waals surface area contributed by atoms with Crippen LogP contribution in [0.15, 0.2) is 30.5 Å². The fraction of sp³-hybridized carbons (Fsp3) is 0.412. The topological polar surface area (TPSA) is 41.4 Å². The maximum Gasteiger partial charge on any atom is 0.257 e. The predicted octanol–water partition coefficient (Wildman–Crippen LogP) is 1.96. The summed E-state index contributed by atoms with van der Waals surface area (Å²) in [5.74, 6) is -0.301. The van der Waals surface area contributed by atoms with E-state index in [9.17, 15) is 9.18 Å². The number of amides is 1. The first kappa shape index (κ1) is 15.7. The van der Waals surface area contributed by atoms with Gasteiger partial charge in [-0.15, -0.1) is 0 Å².